The first kappa shape index (κ1) is 11.7. The molecule has 90 valence electrons. The van der Waals surface area contributed by atoms with Gasteiger partial charge >= 0.3 is 0 Å². The van der Waals surface area contributed by atoms with Crippen LogP contribution in [0.1, 0.15) is 10.6 Å². The normalized spacial score (nSPS) is 10.9. The lowest BCUT2D eigenvalue weighted by atomic mass is 10.1. The van der Waals surface area contributed by atoms with Crippen LogP contribution in [0.2, 0.25) is 0 Å². The molecule has 0 unspecified atom stereocenters. The number of phenolic OH excluding ortho intramolecular Hbond substituents is 1. The van der Waals surface area contributed by atoms with Crippen molar-refractivity contribution in [2.45, 2.75) is 6.42 Å². The molecule has 0 fully saturated rings. The van der Waals surface area contributed by atoms with Crippen molar-refractivity contribution in [3.63, 3.8) is 0 Å². The minimum atomic E-state index is 0.331. The Labute approximate surface area is 117 Å². The van der Waals surface area contributed by atoms with Crippen LogP contribution in [0, 0.1) is 0 Å². The second-order valence-electron chi connectivity index (χ2n) is 4.03. The van der Waals surface area contributed by atoms with E-state index in [-0.39, 0.29) is 0 Å². The molecule has 4 heteroatoms. The first-order chi connectivity index (χ1) is 8.72. The van der Waals surface area contributed by atoms with Gasteiger partial charge in [-0.3, -0.25) is 0 Å². The maximum atomic E-state index is 9.76. The number of hydrogen-bond acceptors (Lipinski definition) is 3. The van der Waals surface area contributed by atoms with Crippen molar-refractivity contribution in [3.8, 4) is 5.75 Å². The number of hydrogen-bond donors (Lipinski definition) is 1. The van der Waals surface area contributed by atoms with Crippen LogP contribution in [-0.4, -0.2) is 10.1 Å². The molecule has 0 saturated heterocycles. The highest BCUT2D eigenvalue weighted by Gasteiger charge is 2.07. The third kappa shape index (κ3) is 2.26. The van der Waals surface area contributed by atoms with Crippen LogP contribution < -0.4 is 0 Å². The summed E-state index contributed by atoms with van der Waals surface area (Å²) in [6, 6.07) is 13.5. The lowest BCUT2D eigenvalue weighted by molar-refractivity contribution is 0.469. The third-order valence-electron chi connectivity index (χ3n) is 2.73. The van der Waals surface area contributed by atoms with Crippen molar-refractivity contribution in [1.29, 1.82) is 0 Å². The van der Waals surface area contributed by atoms with Gasteiger partial charge in [-0.05, 0) is 24.3 Å². The minimum Gasteiger partial charge on any atom is -0.508 e. The van der Waals surface area contributed by atoms with E-state index in [0.717, 1.165) is 25.3 Å². The Morgan fingerprint density at radius 2 is 2.00 bits per heavy atom. The predicted octanol–water partition coefficient (Wildman–Crippen LogP) is 4.36. The van der Waals surface area contributed by atoms with Gasteiger partial charge in [0.15, 0.2) is 0 Å². The molecule has 1 aromatic heterocycles. The number of rotatable bonds is 2. The van der Waals surface area contributed by atoms with Gasteiger partial charge in [-0.25, -0.2) is 4.98 Å². The lowest BCUT2D eigenvalue weighted by Crippen LogP contribution is -1.86. The number of nitrogens with zero attached hydrogens (tertiary/aromatic N) is 1. The molecule has 2 aromatic carbocycles. The van der Waals surface area contributed by atoms with E-state index in [4.69, 9.17) is 0 Å². The number of halogens is 1. The Balaban J connectivity index is 1.98. The smallest absolute Gasteiger partial charge is 0.119 e. The molecule has 0 radical (unpaired) electrons. The number of phenols is 1. The van der Waals surface area contributed by atoms with Gasteiger partial charge in [0.2, 0.25) is 0 Å². The first-order valence-corrected chi connectivity index (χ1v) is 7.15. The minimum absolute atomic E-state index is 0.331. The molecule has 1 N–H and O–H groups in total. The third-order valence-corrected chi connectivity index (χ3v) is 4.24. The molecule has 0 saturated carbocycles. The summed E-state index contributed by atoms with van der Waals surface area (Å²) >= 11 is 5.12. The van der Waals surface area contributed by atoms with Gasteiger partial charge in [-0.15, -0.1) is 11.3 Å². The van der Waals surface area contributed by atoms with Crippen molar-refractivity contribution >= 4 is 37.5 Å². The van der Waals surface area contributed by atoms with Crippen LogP contribution >= 0.6 is 27.3 Å². The summed E-state index contributed by atoms with van der Waals surface area (Å²) in [6.07, 6.45) is 0.670. The molecular formula is C14H10BrNOS. The van der Waals surface area contributed by atoms with Gasteiger partial charge in [0, 0.05) is 16.5 Å². The Bertz CT molecular complexity index is 708. The zero-order chi connectivity index (χ0) is 12.5. The summed E-state index contributed by atoms with van der Waals surface area (Å²) in [7, 11) is 0. The van der Waals surface area contributed by atoms with Crippen LogP contribution in [-0.2, 0) is 6.42 Å². The van der Waals surface area contributed by atoms with Crippen molar-refractivity contribution in [2.24, 2.45) is 0 Å². The van der Waals surface area contributed by atoms with Crippen molar-refractivity contribution in [2.75, 3.05) is 0 Å². The van der Waals surface area contributed by atoms with Crippen LogP contribution in [0.5, 0.6) is 5.75 Å². The molecule has 0 aliphatic heterocycles. The molecule has 18 heavy (non-hydrogen) atoms. The highest BCUT2D eigenvalue weighted by atomic mass is 79.9. The summed E-state index contributed by atoms with van der Waals surface area (Å²) in [6.45, 7) is 0. The molecule has 1 heterocycles. The van der Waals surface area contributed by atoms with E-state index < -0.39 is 0 Å². The second kappa shape index (κ2) is 4.71. The largest absolute Gasteiger partial charge is 0.508 e. The molecule has 0 spiro atoms. The van der Waals surface area contributed by atoms with Crippen LogP contribution in [0.4, 0.5) is 0 Å². The summed E-state index contributed by atoms with van der Waals surface area (Å²) in [5.74, 6) is 0.331. The molecule has 0 aliphatic rings. The van der Waals surface area contributed by atoms with Crippen molar-refractivity contribution < 1.29 is 5.11 Å². The number of thiazole rings is 1. The Morgan fingerprint density at radius 1 is 1.17 bits per heavy atom. The van der Waals surface area contributed by atoms with Gasteiger partial charge < -0.3 is 5.11 Å². The van der Waals surface area contributed by atoms with Crippen LogP contribution in [0.15, 0.2) is 46.9 Å². The number of para-hydroxylation sites is 1. The average molecular weight is 320 g/mol. The zero-order valence-corrected chi connectivity index (χ0v) is 11.8. The number of aromatic hydroxyl groups is 1. The highest BCUT2D eigenvalue weighted by molar-refractivity contribution is 9.10. The zero-order valence-electron chi connectivity index (χ0n) is 9.43. The van der Waals surface area contributed by atoms with Crippen LogP contribution in [0.3, 0.4) is 0 Å². The van der Waals surface area contributed by atoms with E-state index >= 15 is 0 Å². The fourth-order valence-corrected chi connectivity index (χ4v) is 3.39. The lowest BCUT2D eigenvalue weighted by Gasteiger charge is -2.00. The Kier molecular flexibility index (Phi) is 3.06. The van der Waals surface area contributed by atoms with Gasteiger partial charge in [-0.2, -0.15) is 0 Å². The number of fused-ring (bicyclic) bond motifs is 1. The fraction of sp³-hybridized carbons (Fsp3) is 0.0714. The standard InChI is InChI=1S/C14H10BrNOS/c15-10-5-6-11-13(8-10)18-14(16-11)7-9-3-1-2-4-12(9)17/h1-6,8,17H,7H2. The van der Waals surface area contributed by atoms with E-state index in [9.17, 15) is 5.11 Å². The second-order valence-corrected chi connectivity index (χ2v) is 6.06. The van der Waals surface area contributed by atoms with Gasteiger partial charge in [0.25, 0.3) is 0 Å². The van der Waals surface area contributed by atoms with E-state index in [0.29, 0.717) is 12.2 Å². The summed E-state index contributed by atoms with van der Waals surface area (Å²) in [5.41, 5.74) is 1.92. The van der Waals surface area contributed by atoms with Gasteiger partial charge in [-0.1, -0.05) is 34.1 Å². The summed E-state index contributed by atoms with van der Waals surface area (Å²) < 4.78 is 2.22. The van der Waals surface area contributed by atoms with E-state index in [1.54, 1.807) is 17.4 Å². The number of benzene rings is 2. The Morgan fingerprint density at radius 3 is 2.83 bits per heavy atom. The molecular weight excluding hydrogens is 310 g/mol. The van der Waals surface area contributed by atoms with E-state index in [2.05, 4.69) is 27.0 Å². The molecule has 2 nitrogen and oxygen atoms in total. The summed E-state index contributed by atoms with van der Waals surface area (Å²) in [4.78, 5) is 4.58. The number of aromatic nitrogens is 1. The topological polar surface area (TPSA) is 33.1 Å². The maximum absolute atomic E-state index is 9.76. The Hall–Kier alpha value is -1.39. The molecule has 3 rings (SSSR count). The SMILES string of the molecule is Oc1ccccc1Cc1nc2ccc(Br)cc2s1. The van der Waals surface area contributed by atoms with Gasteiger partial charge in [0.1, 0.15) is 5.75 Å². The average Bonchev–Trinajstić information content (AvgIpc) is 2.73. The highest BCUT2D eigenvalue weighted by Crippen LogP contribution is 2.28. The molecule has 0 bridgehead atoms. The quantitative estimate of drug-likeness (QED) is 0.761. The first-order valence-electron chi connectivity index (χ1n) is 5.54. The van der Waals surface area contributed by atoms with Gasteiger partial charge in [0.05, 0.1) is 15.2 Å². The monoisotopic (exact) mass is 319 g/mol. The maximum Gasteiger partial charge on any atom is 0.119 e. The molecule has 0 amide bonds. The van der Waals surface area contributed by atoms with E-state index in [1.807, 2.05) is 30.3 Å². The van der Waals surface area contributed by atoms with Crippen LogP contribution in [0.25, 0.3) is 10.2 Å². The predicted molar refractivity (Wildman–Crippen MR) is 78.2 cm³/mol. The van der Waals surface area contributed by atoms with Crippen molar-refractivity contribution in [3.05, 3.63) is 57.5 Å². The molecule has 0 aliphatic carbocycles. The van der Waals surface area contributed by atoms with E-state index in [1.165, 1.54) is 0 Å². The fourth-order valence-electron chi connectivity index (χ4n) is 1.85. The van der Waals surface area contributed by atoms with Crippen molar-refractivity contribution in [1.82, 2.24) is 4.98 Å². The molecule has 3 aromatic rings. The summed E-state index contributed by atoms with van der Waals surface area (Å²) in [5, 5.41) is 10.8. The molecule has 0 atom stereocenters.